The van der Waals surface area contributed by atoms with E-state index in [2.05, 4.69) is 11.4 Å². The molecule has 4 heteroatoms. The lowest BCUT2D eigenvalue weighted by Gasteiger charge is -2.33. The second kappa shape index (κ2) is 5.01. The highest BCUT2D eigenvalue weighted by Gasteiger charge is 2.33. The van der Waals surface area contributed by atoms with E-state index in [4.69, 9.17) is 10.00 Å². The molecule has 104 valence electrons. The van der Waals surface area contributed by atoms with Crippen molar-refractivity contribution in [2.75, 3.05) is 5.32 Å². The Morgan fingerprint density at radius 3 is 2.75 bits per heavy atom. The minimum Gasteiger partial charge on any atom is -0.438 e. The first-order chi connectivity index (χ1) is 9.35. The molecule has 1 aliphatic heterocycles. The molecule has 1 aromatic carbocycles. The number of fused-ring (bicyclic) bond motifs is 1. The molecule has 4 nitrogen and oxygen atoms in total. The van der Waals surface area contributed by atoms with Crippen LogP contribution in [0.3, 0.4) is 0 Å². The van der Waals surface area contributed by atoms with Crippen LogP contribution in [0.25, 0.3) is 5.57 Å². The maximum Gasteiger partial charge on any atom is 0.412 e. The number of ether oxygens (including phenoxy) is 1. The summed E-state index contributed by atoms with van der Waals surface area (Å²) in [5.74, 6) is 0.245. The van der Waals surface area contributed by atoms with Gasteiger partial charge in [0.05, 0.1) is 11.8 Å². The molecule has 0 saturated heterocycles. The molecule has 1 amide bonds. The Labute approximate surface area is 119 Å². The third-order valence-electron chi connectivity index (χ3n) is 3.43. The van der Waals surface area contributed by atoms with Crippen LogP contribution in [0.5, 0.6) is 0 Å². The van der Waals surface area contributed by atoms with Gasteiger partial charge in [-0.1, -0.05) is 19.9 Å². The molecule has 1 heterocycles. The van der Waals surface area contributed by atoms with Crippen molar-refractivity contribution in [2.24, 2.45) is 5.92 Å². The number of nitrogens with zero attached hydrogens (tertiary/aromatic N) is 1. The zero-order chi connectivity index (χ0) is 14.9. The highest BCUT2D eigenvalue weighted by atomic mass is 16.6. The van der Waals surface area contributed by atoms with Gasteiger partial charge in [0.15, 0.2) is 0 Å². The van der Waals surface area contributed by atoms with E-state index in [9.17, 15) is 4.79 Å². The molecule has 0 aliphatic carbocycles. The molecule has 1 aliphatic rings. The zero-order valence-electron chi connectivity index (χ0n) is 12.2. The molecule has 0 unspecified atom stereocenters. The smallest absolute Gasteiger partial charge is 0.412 e. The lowest BCUT2D eigenvalue weighted by Crippen LogP contribution is -2.34. The molecule has 0 bridgehead atoms. The van der Waals surface area contributed by atoms with Crippen molar-refractivity contribution >= 4 is 17.4 Å². The van der Waals surface area contributed by atoms with E-state index in [1.54, 1.807) is 6.08 Å². The Morgan fingerprint density at radius 1 is 1.45 bits per heavy atom. The van der Waals surface area contributed by atoms with Crippen molar-refractivity contribution in [3.8, 4) is 6.07 Å². The lowest BCUT2D eigenvalue weighted by molar-refractivity contribution is 0.0420. The SMILES string of the molecule is CC(C)/C(=C\C#N)c1ccc2c(c1)C(C)(C)OC(=O)N2. The lowest BCUT2D eigenvalue weighted by atomic mass is 9.88. The third kappa shape index (κ3) is 2.53. The molecule has 0 spiro atoms. The summed E-state index contributed by atoms with van der Waals surface area (Å²) in [5, 5.41) is 11.6. The largest absolute Gasteiger partial charge is 0.438 e. The molecule has 0 saturated carbocycles. The highest BCUT2D eigenvalue weighted by molar-refractivity contribution is 5.89. The minimum atomic E-state index is -0.678. The van der Waals surface area contributed by atoms with Gasteiger partial charge < -0.3 is 4.74 Å². The Hall–Kier alpha value is -2.28. The van der Waals surface area contributed by atoms with Crippen LogP contribution >= 0.6 is 0 Å². The van der Waals surface area contributed by atoms with E-state index < -0.39 is 11.7 Å². The van der Waals surface area contributed by atoms with Crippen LogP contribution < -0.4 is 5.32 Å². The average molecular weight is 270 g/mol. The molecule has 1 N–H and O–H groups in total. The zero-order valence-corrected chi connectivity index (χ0v) is 12.2. The van der Waals surface area contributed by atoms with E-state index in [1.165, 1.54) is 0 Å². The molecular formula is C16H18N2O2. The van der Waals surface area contributed by atoms with Crippen LogP contribution in [0, 0.1) is 17.2 Å². The van der Waals surface area contributed by atoms with E-state index in [-0.39, 0.29) is 5.92 Å². The Balaban J connectivity index is 2.55. The maximum atomic E-state index is 11.5. The van der Waals surface area contributed by atoms with Gasteiger partial charge in [0.1, 0.15) is 5.60 Å². The first kappa shape index (κ1) is 14.1. The fraction of sp³-hybridized carbons (Fsp3) is 0.375. The first-order valence-electron chi connectivity index (χ1n) is 6.59. The Bertz CT molecular complexity index is 622. The van der Waals surface area contributed by atoms with Crippen LogP contribution in [-0.2, 0) is 10.3 Å². The second-order valence-electron chi connectivity index (χ2n) is 5.67. The maximum absolute atomic E-state index is 11.5. The Morgan fingerprint density at radius 2 is 2.15 bits per heavy atom. The number of hydrogen-bond donors (Lipinski definition) is 1. The van der Waals surface area contributed by atoms with Crippen molar-refractivity contribution in [3.63, 3.8) is 0 Å². The van der Waals surface area contributed by atoms with Gasteiger partial charge in [-0.3, -0.25) is 5.32 Å². The van der Waals surface area contributed by atoms with Crippen molar-refractivity contribution in [1.82, 2.24) is 0 Å². The average Bonchev–Trinajstić information content (AvgIpc) is 2.34. The van der Waals surface area contributed by atoms with Gasteiger partial charge in [0.2, 0.25) is 0 Å². The molecule has 0 atom stereocenters. The standard InChI is InChI=1S/C16H18N2O2/c1-10(2)12(7-8-17)11-5-6-14-13(9-11)16(3,4)20-15(19)18-14/h5-7,9-10H,1-4H3,(H,18,19)/b12-7+. The number of benzene rings is 1. The minimum absolute atomic E-state index is 0.245. The van der Waals surface area contributed by atoms with E-state index >= 15 is 0 Å². The van der Waals surface area contributed by atoms with E-state index in [0.29, 0.717) is 0 Å². The highest BCUT2D eigenvalue weighted by Crippen LogP contribution is 2.37. The van der Waals surface area contributed by atoms with Gasteiger partial charge in [-0.15, -0.1) is 0 Å². The summed E-state index contributed by atoms with van der Waals surface area (Å²) >= 11 is 0. The predicted octanol–water partition coefficient (Wildman–Crippen LogP) is 4.05. The summed E-state index contributed by atoms with van der Waals surface area (Å²) in [7, 11) is 0. The number of hydrogen-bond acceptors (Lipinski definition) is 3. The summed E-state index contributed by atoms with van der Waals surface area (Å²) in [5.41, 5.74) is 2.95. The van der Waals surface area contributed by atoms with Crippen molar-refractivity contribution < 1.29 is 9.53 Å². The van der Waals surface area contributed by atoms with Gasteiger partial charge in [-0.05, 0) is 43.0 Å². The normalized spacial score (nSPS) is 17.0. The number of carbonyl (C=O) groups is 1. The fourth-order valence-electron chi connectivity index (χ4n) is 2.41. The number of amides is 1. The van der Waals surface area contributed by atoms with Crippen LogP contribution in [0.4, 0.5) is 10.5 Å². The number of nitrogens with one attached hydrogen (secondary N) is 1. The summed E-state index contributed by atoms with van der Waals surface area (Å²) in [6.45, 7) is 7.81. The molecule has 2 rings (SSSR count). The number of cyclic esters (lactones) is 1. The molecule has 0 aromatic heterocycles. The van der Waals surface area contributed by atoms with Crippen LogP contribution in [0.15, 0.2) is 24.3 Å². The predicted molar refractivity (Wildman–Crippen MR) is 78.0 cm³/mol. The number of carbonyl (C=O) groups excluding carboxylic acids is 1. The topological polar surface area (TPSA) is 62.1 Å². The number of allylic oxidation sites excluding steroid dienone is 2. The van der Waals surface area contributed by atoms with Gasteiger partial charge in [-0.2, -0.15) is 5.26 Å². The third-order valence-corrected chi connectivity index (χ3v) is 3.43. The van der Waals surface area contributed by atoms with Gasteiger partial charge in [0, 0.05) is 11.6 Å². The molecule has 0 fully saturated rings. The second-order valence-corrected chi connectivity index (χ2v) is 5.67. The number of rotatable bonds is 2. The summed E-state index contributed by atoms with van der Waals surface area (Å²) in [4.78, 5) is 11.5. The van der Waals surface area contributed by atoms with Crippen LogP contribution in [-0.4, -0.2) is 6.09 Å². The van der Waals surface area contributed by atoms with Crippen molar-refractivity contribution in [3.05, 3.63) is 35.4 Å². The monoisotopic (exact) mass is 270 g/mol. The molecule has 20 heavy (non-hydrogen) atoms. The summed E-state index contributed by atoms with van der Waals surface area (Å²) in [6, 6.07) is 7.86. The summed E-state index contributed by atoms with van der Waals surface area (Å²) < 4.78 is 5.32. The van der Waals surface area contributed by atoms with Gasteiger partial charge >= 0.3 is 6.09 Å². The molecular weight excluding hydrogens is 252 g/mol. The number of anilines is 1. The van der Waals surface area contributed by atoms with Crippen molar-refractivity contribution in [1.29, 1.82) is 5.26 Å². The van der Waals surface area contributed by atoms with E-state index in [0.717, 1.165) is 22.4 Å². The van der Waals surface area contributed by atoms with Crippen LogP contribution in [0.1, 0.15) is 38.8 Å². The van der Waals surface area contributed by atoms with Gasteiger partial charge in [0.25, 0.3) is 0 Å². The van der Waals surface area contributed by atoms with Crippen molar-refractivity contribution in [2.45, 2.75) is 33.3 Å². The quantitative estimate of drug-likeness (QED) is 0.825. The fourth-order valence-corrected chi connectivity index (χ4v) is 2.41. The van der Waals surface area contributed by atoms with E-state index in [1.807, 2.05) is 45.9 Å². The van der Waals surface area contributed by atoms with Gasteiger partial charge in [-0.25, -0.2) is 4.79 Å². The molecule has 1 aromatic rings. The first-order valence-corrected chi connectivity index (χ1v) is 6.59. The van der Waals surface area contributed by atoms with Crippen LogP contribution in [0.2, 0.25) is 0 Å². The Kier molecular flexibility index (Phi) is 3.54. The number of nitriles is 1. The summed E-state index contributed by atoms with van der Waals surface area (Å²) in [6.07, 6.45) is 1.13. The molecule has 0 radical (unpaired) electrons.